The molecule has 0 radical (unpaired) electrons. The van der Waals surface area contributed by atoms with Crippen molar-refractivity contribution in [2.75, 3.05) is 25.6 Å². The van der Waals surface area contributed by atoms with Crippen LogP contribution >= 0.6 is 0 Å². The number of nitrogens with zero attached hydrogens (tertiary/aromatic N) is 3. The minimum atomic E-state index is -4.11. The minimum Gasteiger partial charge on any atom is -0.497 e. The van der Waals surface area contributed by atoms with Gasteiger partial charge in [0, 0.05) is 32.1 Å². The van der Waals surface area contributed by atoms with Gasteiger partial charge in [-0.15, -0.1) is 0 Å². The molecule has 1 aliphatic heterocycles. The lowest BCUT2D eigenvalue weighted by molar-refractivity contribution is 0.0950. The number of carbonyl (C=O) groups is 2. The van der Waals surface area contributed by atoms with Crippen LogP contribution in [0, 0.1) is 11.3 Å². The molecule has 0 unspecified atom stereocenters. The molecule has 2 aromatic rings. The summed E-state index contributed by atoms with van der Waals surface area (Å²) in [6.07, 6.45) is 2.12. The molecule has 1 aliphatic rings. The molecular weight excluding hydrogens is 444 g/mol. The maximum atomic E-state index is 13.2. The number of methoxy groups -OCH3 is 1. The van der Waals surface area contributed by atoms with E-state index in [1.807, 2.05) is 18.2 Å². The highest BCUT2D eigenvalue weighted by atomic mass is 32.2. The molecule has 0 aliphatic carbocycles. The zero-order chi connectivity index (χ0) is 24.0. The normalized spacial score (nSPS) is 14.4. The molecule has 3 amide bonds. The van der Waals surface area contributed by atoms with Gasteiger partial charge in [0.15, 0.2) is 0 Å². The quantitative estimate of drug-likeness (QED) is 0.562. The largest absolute Gasteiger partial charge is 0.497 e. The Balaban J connectivity index is 1.76. The molecule has 9 nitrogen and oxygen atoms in total. The van der Waals surface area contributed by atoms with Gasteiger partial charge in [0.2, 0.25) is 0 Å². The molecule has 0 fully saturated rings. The van der Waals surface area contributed by atoms with E-state index in [0.717, 1.165) is 9.87 Å². The zero-order valence-corrected chi connectivity index (χ0v) is 19.4. The number of amides is 3. The number of urea groups is 1. The molecule has 3 rings (SSSR count). The highest BCUT2D eigenvalue weighted by Crippen LogP contribution is 2.34. The molecule has 0 spiro atoms. The highest BCUT2D eigenvalue weighted by molar-refractivity contribution is 7.90. The van der Waals surface area contributed by atoms with E-state index in [4.69, 9.17) is 10.00 Å². The summed E-state index contributed by atoms with van der Waals surface area (Å²) in [5.41, 5.74) is 1.28. The molecule has 0 saturated heterocycles. The molecule has 1 heterocycles. The van der Waals surface area contributed by atoms with Gasteiger partial charge in [0.05, 0.1) is 18.9 Å². The molecule has 2 aromatic carbocycles. The number of nitrogens with one attached hydrogen (secondary N) is 1. The number of fused-ring (bicyclic) bond motifs is 1. The number of hydrogen-bond donors (Lipinski definition) is 1. The first-order valence-electron chi connectivity index (χ1n) is 10.5. The number of unbranched alkanes of at least 4 members (excludes halogenated alkanes) is 3. The molecule has 1 N–H and O–H groups in total. The second kappa shape index (κ2) is 10.4. The summed E-state index contributed by atoms with van der Waals surface area (Å²) >= 11 is 0. The fourth-order valence-corrected chi connectivity index (χ4v) is 5.19. The Hall–Kier alpha value is -3.58. The lowest BCUT2D eigenvalue weighted by Crippen LogP contribution is -2.49. The summed E-state index contributed by atoms with van der Waals surface area (Å²) in [5.74, 6) is 0.282. The molecule has 0 atom stereocenters. The summed E-state index contributed by atoms with van der Waals surface area (Å²) in [6, 6.07) is 12.9. The SMILES string of the molecule is COc1ccc(CNC(=O)c2ccc3c(c2)S(=O)(=O)N(CCCCCC#N)C(=O)N3C)cc1. The highest BCUT2D eigenvalue weighted by Gasteiger charge is 2.40. The molecule has 10 heteroatoms. The van der Waals surface area contributed by atoms with Crippen molar-refractivity contribution in [1.82, 2.24) is 9.62 Å². The first-order chi connectivity index (χ1) is 15.8. The summed E-state index contributed by atoms with van der Waals surface area (Å²) < 4.78 is 32.3. The van der Waals surface area contributed by atoms with Crippen LogP contribution in [0.5, 0.6) is 5.75 Å². The van der Waals surface area contributed by atoms with Gasteiger partial charge in [-0.1, -0.05) is 18.6 Å². The third-order valence-electron chi connectivity index (χ3n) is 5.41. The second-order valence-corrected chi connectivity index (χ2v) is 9.43. The first-order valence-corrected chi connectivity index (χ1v) is 12.0. The standard InChI is InChI=1S/C23H26N4O5S/c1-26-20-12-9-18(22(28)25-16-17-7-10-19(32-2)11-8-17)15-21(20)33(30,31)27(23(26)29)14-6-4-3-5-13-24/h7-12,15H,3-6,14,16H2,1-2H3,(H,25,28). The summed E-state index contributed by atoms with van der Waals surface area (Å²) in [7, 11) is -1.03. The van der Waals surface area contributed by atoms with Crippen molar-refractivity contribution in [1.29, 1.82) is 5.26 Å². The maximum absolute atomic E-state index is 13.2. The molecule has 174 valence electrons. The van der Waals surface area contributed by atoms with Crippen molar-refractivity contribution in [3.63, 3.8) is 0 Å². The zero-order valence-electron chi connectivity index (χ0n) is 18.6. The van der Waals surface area contributed by atoms with Gasteiger partial charge in [-0.25, -0.2) is 17.5 Å². The van der Waals surface area contributed by atoms with Crippen LogP contribution in [0.15, 0.2) is 47.4 Å². The Bertz CT molecular complexity index is 1170. The topological polar surface area (TPSA) is 120 Å². The van der Waals surface area contributed by atoms with Gasteiger partial charge in [-0.2, -0.15) is 5.26 Å². The van der Waals surface area contributed by atoms with Crippen LogP contribution in [0.3, 0.4) is 0 Å². The van der Waals surface area contributed by atoms with Gasteiger partial charge in [0.25, 0.3) is 15.9 Å². The van der Waals surface area contributed by atoms with Crippen molar-refractivity contribution in [3.05, 3.63) is 53.6 Å². The Morgan fingerprint density at radius 1 is 1.12 bits per heavy atom. The average molecular weight is 471 g/mol. The molecule has 0 aromatic heterocycles. The van der Waals surface area contributed by atoms with Gasteiger partial charge >= 0.3 is 6.03 Å². The Kier molecular flexibility index (Phi) is 7.55. The minimum absolute atomic E-state index is 0.0181. The fourth-order valence-electron chi connectivity index (χ4n) is 3.51. The lowest BCUT2D eigenvalue weighted by atomic mass is 10.1. The fraction of sp³-hybridized carbons (Fsp3) is 0.348. The molecule has 0 bridgehead atoms. The van der Waals surface area contributed by atoms with Crippen LogP contribution in [0.4, 0.5) is 10.5 Å². The average Bonchev–Trinajstić information content (AvgIpc) is 2.83. The third-order valence-corrected chi connectivity index (χ3v) is 7.22. The van der Waals surface area contributed by atoms with E-state index in [1.165, 1.54) is 30.1 Å². The van der Waals surface area contributed by atoms with Crippen LogP contribution in [0.2, 0.25) is 0 Å². The van der Waals surface area contributed by atoms with Gasteiger partial charge in [-0.05, 0) is 48.7 Å². The van der Waals surface area contributed by atoms with Gasteiger partial charge < -0.3 is 10.1 Å². The predicted octanol–water partition coefficient (Wildman–Crippen LogP) is 3.27. The van der Waals surface area contributed by atoms with Crippen LogP contribution < -0.4 is 15.0 Å². The van der Waals surface area contributed by atoms with E-state index >= 15 is 0 Å². The second-order valence-electron chi connectivity index (χ2n) is 7.60. The van der Waals surface area contributed by atoms with Crippen LogP contribution in [0.25, 0.3) is 0 Å². The number of sulfonamides is 1. The van der Waals surface area contributed by atoms with E-state index in [0.29, 0.717) is 31.4 Å². The van der Waals surface area contributed by atoms with Crippen LogP contribution in [-0.4, -0.2) is 45.4 Å². The number of benzene rings is 2. The number of anilines is 1. The molecule has 0 saturated carbocycles. The number of carbonyl (C=O) groups excluding carboxylic acids is 2. The number of rotatable bonds is 9. The smallest absolute Gasteiger partial charge is 0.338 e. The Labute approximate surface area is 193 Å². The third kappa shape index (κ3) is 5.26. The molecular formula is C23H26N4O5S. The van der Waals surface area contributed by atoms with E-state index in [2.05, 4.69) is 5.32 Å². The lowest BCUT2D eigenvalue weighted by Gasteiger charge is -2.34. The van der Waals surface area contributed by atoms with Crippen molar-refractivity contribution in [2.45, 2.75) is 37.1 Å². The first kappa shape index (κ1) is 24.1. The summed E-state index contributed by atoms with van der Waals surface area (Å²) in [6.45, 7) is 0.282. The van der Waals surface area contributed by atoms with Crippen LogP contribution in [0.1, 0.15) is 41.6 Å². The van der Waals surface area contributed by atoms with Crippen molar-refractivity contribution in [3.8, 4) is 11.8 Å². The predicted molar refractivity (Wildman–Crippen MR) is 122 cm³/mol. The van der Waals surface area contributed by atoms with E-state index in [1.54, 1.807) is 19.2 Å². The monoisotopic (exact) mass is 470 g/mol. The van der Waals surface area contributed by atoms with Crippen LogP contribution in [-0.2, 0) is 16.6 Å². The van der Waals surface area contributed by atoms with E-state index < -0.39 is 22.0 Å². The van der Waals surface area contributed by atoms with Gasteiger partial charge in [-0.3, -0.25) is 9.69 Å². The number of hydrogen-bond acceptors (Lipinski definition) is 6. The van der Waals surface area contributed by atoms with Crippen molar-refractivity contribution in [2.24, 2.45) is 0 Å². The molecule has 33 heavy (non-hydrogen) atoms. The van der Waals surface area contributed by atoms with Crippen molar-refractivity contribution < 1.29 is 22.7 Å². The number of ether oxygens (including phenoxy) is 1. The van der Waals surface area contributed by atoms with Crippen molar-refractivity contribution >= 4 is 27.6 Å². The number of nitriles is 1. The summed E-state index contributed by atoms with van der Waals surface area (Å²) in [5, 5.41) is 11.4. The van der Waals surface area contributed by atoms with Gasteiger partial charge in [0.1, 0.15) is 10.6 Å². The Morgan fingerprint density at radius 2 is 1.85 bits per heavy atom. The Morgan fingerprint density at radius 3 is 2.52 bits per heavy atom. The van der Waals surface area contributed by atoms with E-state index in [-0.39, 0.29) is 29.2 Å². The van der Waals surface area contributed by atoms with E-state index in [9.17, 15) is 18.0 Å². The maximum Gasteiger partial charge on any atom is 0.338 e. The summed E-state index contributed by atoms with van der Waals surface area (Å²) in [4.78, 5) is 26.6.